The molecule has 0 saturated carbocycles. The van der Waals surface area contributed by atoms with E-state index in [1.165, 1.54) is 25.7 Å². The van der Waals surface area contributed by atoms with Gasteiger partial charge >= 0.3 is 0 Å². The Morgan fingerprint density at radius 3 is 1.50 bits per heavy atom. The average Bonchev–Trinajstić information content (AvgIpc) is 2.68. The minimum absolute atomic E-state index is 0.479. The molecule has 0 aliphatic heterocycles. The topological polar surface area (TPSA) is 61.2 Å². The van der Waals surface area contributed by atoms with Crippen LogP contribution in [0.3, 0.4) is 0 Å². The Morgan fingerprint density at radius 2 is 1.07 bits per heavy atom. The van der Waals surface area contributed by atoms with Crippen molar-refractivity contribution in [1.82, 2.24) is 4.31 Å². The molecule has 0 aromatic rings. The van der Waals surface area contributed by atoms with Gasteiger partial charge in [-0.1, -0.05) is 104 Å². The highest BCUT2D eigenvalue weighted by Gasteiger charge is 2.31. The molecule has 4 nitrogen and oxygen atoms in total. The van der Waals surface area contributed by atoms with E-state index in [4.69, 9.17) is 0 Å². The molecule has 0 aliphatic carbocycles. The molecular formula is C23H46N2O2S. The second kappa shape index (κ2) is 18.4. The van der Waals surface area contributed by atoms with E-state index in [9.17, 15) is 13.7 Å². The summed E-state index contributed by atoms with van der Waals surface area (Å²) in [7, 11) is -3.52. The summed E-state index contributed by atoms with van der Waals surface area (Å²) in [6, 6.07) is 2.11. The molecule has 0 rings (SSSR count). The molecule has 28 heavy (non-hydrogen) atoms. The highest BCUT2D eigenvalue weighted by atomic mass is 32.2. The first kappa shape index (κ1) is 27.4. The molecule has 0 aliphatic rings. The van der Waals surface area contributed by atoms with Gasteiger partial charge in [-0.05, 0) is 19.3 Å². The first-order valence-electron chi connectivity index (χ1n) is 11.9. The standard InChI is InChI=1S/C23H46N2O2S/c1-4-7-10-13-14-15-16-19-23(22-24)28(26,27)25(20-17-11-8-5-2)21-18-12-9-6-3/h23H,4-21H2,1-3H3. The van der Waals surface area contributed by atoms with Gasteiger partial charge in [-0.15, -0.1) is 0 Å². The van der Waals surface area contributed by atoms with Crippen molar-refractivity contribution in [2.45, 2.75) is 129 Å². The highest BCUT2D eigenvalue weighted by molar-refractivity contribution is 7.90. The fourth-order valence-electron chi connectivity index (χ4n) is 3.54. The van der Waals surface area contributed by atoms with Crippen LogP contribution in [0.25, 0.3) is 0 Å². The van der Waals surface area contributed by atoms with Crippen LogP contribution in [0.15, 0.2) is 0 Å². The maximum Gasteiger partial charge on any atom is 0.230 e. The van der Waals surface area contributed by atoms with Crippen LogP contribution in [0.1, 0.15) is 124 Å². The van der Waals surface area contributed by atoms with Gasteiger partial charge in [-0.25, -0.2) is 12.7 Å². The zero-order chi connectivity index (χ0) is 21.1. The van der Waals surface area contributed by atoms with Gasteiger partial charge in [0.05, 0.1) is 6.07 Å². The molecule has 0 spiro atoms. The van der Waals surface area contributed by atoms with Gasteiger partial charge in [0, 0.05) is 13.1 Å². The third kappa shape index (κ3) is 12.8. The van der Waals surface area contributed by atoms with Crippen molar-refractivity contribution < 1.29 is 8.42 Å². The highest BCUT2D eigenvalue weighted by Crippen LogP contribution is 2.19. The lowest BCUT2D eigenvalue weighted by molar-refractivity contribution is 0.381. The van der Waals surface area contributed by atoms with E-state index in [0.29, 0.717) is 19.5 Å². The molecule has 0 fully saturated rings. The van der Waals surface area contributed by atoms with Crippen LogP contribution >= 0.6 is 0 Å². The number of hydrogen-bond acceptors (Lipinski definition) is 3. The van der Waals surface area contributed by atoms with Gasteiger partial charge in [0.25, 0.3) is 0 Å². The molecule has 0 amide bonds. The maximum absolute atomic E-state index is 13.1. The number of sulfonamides is 1. The molecule has 1 unspecified atom stereocenters. The van der Waals surface area contributed by atoms with E-state index in [1.54, 1.807) is 4.31 Å². The molecule has 1 atom stereocenters. The number of nitriles is 1. The van der Waals surface area contributed by atoms with Crippen LogP contribution in [0.2, 0.25) is 0 Å². The Hall–Kier alpha value is -0.600. The number of unbranched alkanes of at least 4 members (excludes halogenated alkanes) is 12. The largest absolute Gasteiger partial charge is 0.230 e. The average molecular weight is 415 g/mol. The van der Waals surface area contributed by atoms with Crippen molar-refractivity contribution in [2.75, 3.05) is 13.1 Å². The lowest BCUT2D eigenvalue weighted by Crippen LogP contribution is -2.39. The van der Waals surface area contributed by atoms with E-state index in [1.807, 2.05) is 0 Å². The molecule has 0 bridgehead atoms. The Morgan fingerprint density at radius 1 is 0.679 bits per heavy atom. The summed E-state index contributed by atoms with van der Waals surface area (Å²) in [5.41, 5.74) is 0. The van der Waals surface area contributed by atoms with E-state index in [2.05, 4.69) is 26.8 Å². The fourth-order valence-corrected chi connectivity index (χ4v) is 5.27. The minimum Gasteiger partial charge on any atom is -0.211 e. The Labute approximate surface area is 176 Å². The number of hydrogen-bond donors (Lipinski definition) is 0. The molecule has 0 aromatic carbocycles. The SMILES string of the molecule is CCCCCCCCCC(C#N)S(=O)(=O)N(CCCCCC)CCCCCC. The number of nitrogens with zero attached hydrogens (tertiary/aromatic N) is 2. The smallest absolute Gasteiger partial charge is 0.211 e. The first-order chi connectivity index (χ1) is 13.5. The lowest BCUT2D eigenvalue weighted by atomic mass is 10.1. The zero-order valence-electron chi connectivity index (χ0n) is 18.9. The third-order valence-electron chi connectivity index (χ3n) is 5.46. The van der Waals surface area contributed by atoms with Crippen molar-refractivity contribution in [3.63, 3.8) is 0 Å². The van der Waals surface area contributed by atoms with E-state index >= 15 is 0 Å². The Bertz CT molecular complexity index is 473. The van der Waals surface area contributed by atoms with Gasteiger partial charge in [0.1, 0.15) is 0 Å². The summed E-state index contributed by atoms with van der Waals surface area (Å²) in [6.45, 7) is 7.67. The summed E-state index contributed by atoms with van der Waals surface area (Å²) in [6.07, 6.45) is 17.0. The second-order valence-electron chi connectivity index (χ2n) is 8.09. The predicted molar refractivity (Wildman–Crippen MR) is 121 cm³/mol. The third-order valence-corrected chi connectivity index (χ3v) is 7.60. The van der Waals surface area contributed by atoms with Crippen LogP contribution in [0.4, 0.5) is 0 Å². The van der Waals surface area contributed by atoms with Crippen LogP contribution in [0, 0.1) is 11.3 Å². The Kier molecular flexibility index (Phi) is 18.0. The second-order valence-corrected chi connectivity index (χ2v) is 10.2. The fraction of sp³-hybridized carbons (Fsp3) is 0.957. The maximum atomic E-state index is 13.1. The van der Waals surface area contributed by atoms with Crippen molar-refractivity contribution in [1.29, 1.82) is 5.26 Å². The van der Waals surface area contributed by atoms with Gasteiger partial charge in [0.2, 0.25) is 10.0 Å². The normalized spacial score (nSPS) is 13.0. The van der Waals surface area contributed by atoms with E-state index in [-0.39, 0.29) is 0 Å². The predicted octanol–water partition coefficient (Wildman–Crippen LogP) is 6.81. The lowest BCUT2D eigenvalue weighted by Gasteiger charge is -2.25. The molecule has 0 N–H and O–H groups in total. The van der Waals surface area contributed by atoms with Crippen LogP contribution < -0.4 is 0 Å². The first-order valence-corrected chi connectivity index (χ1v) is 13.4. The van der Waals surface area contributed by atoms with Crippen LogP contribution in [-0.2, 0) is 10.0 Å². The molecular weight excluding hydrogens is 368 g/mol. The van der Waals surface area contributed by atoms with E-state index in [0.717, 1.165) is 70.6 Å². The van der Waals surface area contributed by atoms with Gasteiger partial charge < -0.3 is 0 Å². The van der Waals surface area contributed by atoms with Crippen molar-refractivity contribution in [3.8, 4) is 6.07 Å². The quantitative estimate of drug-likeness (QED) is 0.205. The molecule has 0 heterocycles. The monoisotopic (exact) mass is 414 g/mol. The van der Waals surface area contributed by atoms with Crippen molar-refractivity contribution in [3.05, 3.63) is 0 Å². The Balaban J connectivity index is 4.62. The van der Waals surface area contributed by atoms with Crippen molar-refractivity contribution in [2.24, 2.45) is 0 Å². The van der Waals surface area contributed by atoms with Crippen LogP contribution in [-0.4, -0.2) is 31.1 Å². The minimum atomic E-state index is -3.52. The number of rotatable bonds is 20. The van der Waals surface area contributed by atoms with Gasteiger partial charge in [-0.2, -0.15) is 5.26 Å². The summed E-state index contributed by atoms with van der Waals surface area (Å²) in [4.78, 5) is 0. The molecule has 166 valence electrons. The summed E-state index contributed by atoms with van der Waals surface area (Å²) < 4.78 is 27.8. The van der Waals surface area contributed by atoms with Gasteiger partial charge in [0.15, 0.2) is 5.25 Å². The molecule has 0 saturated heterocycles. The van der Waals surface area contributed by atoms with E-state index < -0.39 is 15.3 Å². The molecule has 5 heteroatoms. The summed E-state index contributed by atoms with van der Waals surface area (Å²) in [5.74, 6) is 0. The molecule has 0 aromatic heterocycles. The van der Waals surface area contributed by atoms with Gasteiger partial charge in [-0.3, -0.25) is 0 Å². The summed E-state index contributed by atoms with van der Waals surface area (Å²) >= 11 is 0. The zero-order valence-corrected chi connectivity index (χ0v) is 19.7. The van der Waals surface area contributed by atoms with Crippen LogP contribution in [0.5, 0.6) is 0 Å². The molecule has 0 radical (unpaired) electrons. The summed E-state index contributed by atoms with van der Waals surface area (Å²) in [5, 5.41) is 8.67. The van der Waals surface area contributed by atoms with Crippen molar-refractivity contribution >= 4 is 10.0 Å².